The first-order valence-corrected chi connectivity index (χ1v) is 10.3. The number of nitrogens with zero attached hydrogens (tertiary/aromatic N) is 1. The number of hydrogen-bond donors (Lipinski definition) is 1. The van der Waals surface area contributed by atoms with Gasteiger partial charge in [0.05, 0.1) is 19.3 Å². The first kappa shape index (κ1) is 19.9. The summed E-state index contributed by atoms with van der Waals surface area (Å²) >= 11 is 1.61. The largest absolute Gasteiger partial charge is 0.379 e. The lowest BCUT2D eigenvalue weighted by molar-refractivity contribution is 0.0162. The molecule has 1 heterocycles. The summed E-state index contributed by atoms with van der Waals surface area (Å²) in [6.07, 6.45) is 1.99. The molecule has 2 aromatic carbocycles. The van der Waals surface area contributed by atoms with Gasteiger partial charge in [0.2, 0.25) is 0 Å². The lowest BCUT2D eigenvalue weighted by Crippen LogP contribution is -2.44. The molecule has 1 amide bonds. The van der Waals surface area contributed by atoms with Crippen molar-refractivity contribution in [3.8, 4) is 0 Å². The Kier molecular flexibility index (Phi) is 6.88. The highest BCUT2D eigenvalue weighted by Crippen LogP contribution is 2.23. The molecule has 27 heavy (non-hydrogen) atoms. The van der Waals surface area contributed by atoms with Crippen LogP contribution in [0, 0.1) is 12.7 Å². The van der Waals surface area contributed by atoms with Crippen molar-refractivity contribution < 1.29 is 13.9 Å². The van der Waals surface area contributed by atoms with Gasteiger partial charge in [0.15, 0.2) is 0 Å². The number of benzene rings is 2. The highest BCUT2D eigenvalue weighted by atomic mass is 32.2. The van der Waals surface area contributed by atoms with Gasteiger partial charge in [0.25, 0.3) is 5.91 Å². The summed E-state index contributed by atoms with van der Waals surface area (Å²) in [5, 5.41) is 3.05. The fourth-order valence-corrected chi connectivity index (χ4v) is 3.76. The zero-order valence-corrected chi connectivity index (χ0v) is 16.5. The number of morpholine rings is 1. The van der Waals surface area contributed by atoms with Crippen molar-refractivity contribution in [1.29, 1.82) is 0 Å². The number of ether oxygens (including phenoxy) is 1. The SMILES string of the molecule is CSc1ccc(C)c(C(=O)NCC(c2cccc(F)c2)N2CCOCC2)c1. The predicted octanol–water partition coefficient (Wildman–Crippen LogP) is 3.66. The van der Waals surface area contributed by atoms with Crippen LogP contribution < -0.4 is 5.32 Å². The summed E-state index contributed by atoms with van der Waals surface area (Å²) in [7, 11) is 0. The minimum Gasteiger partial charge on any atom is -0.379 e. The minimum absolute atomic E-state index is 0.0856. The van der Waals surface area contributed by atoms with E-state index in [2.05, 4.69) is 10.2 Å². The molecule has 1 N–H and O–H groups in total. The van der Waals surface area contributed by atoms with Crippen LogP contribution >= 0.6 is 11.8 Å². The van der Waals surface area contributed by atoms with Crippen LogP contribution in [-0.4, -0.2) is 49.9 Å². The van der Waals surface area contributed by atoms with E-state index in [1.807, 2.05) is 37.4 Å². The van der Waals surface area contributed by atoms with E-state index in [9.17, 15) is 9.18 Å². The summed E-state index contributed by atoms with van der Waals surface area (Å²) in [5.41, 5.74) is 2.49. The molecule has 2 aromatic rings. The fraction of sp³-hybridized carbons (Fsp3) is 0.381. The van der Waals surface area contributed by atoms with Gasteiger partial charge in [-0.15, -0.1) is 11.8 Å². The molecular formula is C21H25FN2O2S. The number of thioether (sulfide) groups is 1. The predicted molar refractivity (Wildman–Crippen MR) is 107 cm³/mol. The molecule has 1 saturated heterocycles. The van der Waals surface area contributed by atoms with Crippen LogP contribution in [0.4, 0.5) is 4.39 Å². The van der Waals surface area contributed by atoms with Crippen LogP contribution in [0.1, 0.15) is 27.5 Å². The summed E-state index contributed by atoms with van der Waals surface area (Å²) in [4.78, 5) is 16.1. The van der Waals surface area contributed by atoms with E-state index in [4.69, 9.17) is 4.74 Å². The number of aryl methyl sites for hydroxylation is 1. The van der Waals surface area contributed by atoms with Gasteiger partial charge >= 0.3 is 0 Å². The van der Waals surface area contributed by atoms with Crippen LogP contribution in [0.25, 0.3) is 0 Å². The van der Waals surface area contributed by atoms with E-state index in [1.54, 1.807) is 23.9 Å². The molecule has 0 spiro atoms. The summed E-state index contributed by atoms with van der Waals surface area (Å²) in [6.45, 7) is 5.18. The summed E-state index contributed by atoms with van der Waals surface area (Å²) < 4.78 is 19.2. The molecule has 1 atom stereocenters. The number of hydrogen-bond acceptors (Lipinski definition) is 4. The van der Waals surface area contributed by atoms with E-state index in [1.165, 1.54) is 6.07 Å². The van der Waals surface area contributed by atoms with Gasteiger partial charge in [-0.2, -0.15) is 0 Å². The molecule has 1 fully saturated rings. The normalized spacial score (nSPS) is 16.1. The highest BCUT2D eigenvalue weighted by molar-refractivity contribution is 7.98. The molecule has 0 bridgehead atoms. The van der Waals surface area contributed by atoms with Gasteiger partial charge in [-0.05, 0) is 48.6 Å². The minimum atomic E-state index is -0.263. The second-order valence-corrected chi connectivity index (χ2v) is 7.49. The zero-order chi connectivity index (χ0) is 19.2. The van der Waals surface area contributed by atoms with Crippen molar-refractivity contribution in [3.63, 3.8) is 0 Å². The van der Waals surface area contributed by atoms with Gasteiger partial charge in [-0.3, -0.25) is 9.69 Å². The average molecular weight is 389 g/mol. The van der Waals surface area contributed by atoms with E-state index in [0.717, 1.165) is 29.1 Å². The molecule has 1 aliphatic heterocycles. The average Bonchev–Trinajstić information content (AvgIpc) is 2.69. The van der Waals surface area contributed by atoms with Gasteiger partial charge in [0.1, 0.15) is 5.82 Å². The van der Waals surface area contributed by atoms with Crippen molar-refractivity contribution in [2.24, 2.45) is 0 Å². The van der Waals surface area contributed by atoms with Crippen molar-refractivity contribution in [2.45, 2.75) is 17.9 Å². The number of rotatable bonds is 6. The smallest absolute Gasteiger partial charge is 0.251 e. The molecule has 6 heteroatoms. The molecular weight excluding hydrogens is 363 g/mol. The number of amides is 1. The Morgan fingerprint density at radius 2 is 2.04 bits per heavy atom. The quantitative estimate of drug-likeness (QED) is 0.767. The molecule has 1 aliphatic rings. The molecule has 3 rings (SSSR count). The second kappa shape index (κ2) is 9.35. The van der Waals surface area contributed by atoms with Crippen LogP contribution in [0.3, 0.4) is 0 Å². The van der Waals surface area contributed by atoms with Crippen LogP contribution in [0.2, 0.25) is 0 Å². The Labute approximate surface area is 164 Å². The maximum atomic E-state index is 13.8. The van der Waals surface area contributed by atoms with Gasteiger partial charge in [-0.25, -0.2) is 4.39 Å². The number of carbonyl (C=O) groups excluding carboxylic acids is 1. The third-order valence-corrected chi connectivity index (χ3v) is 5.59. The molecule has 1 unspecified atom stereocenters. The molecule has 0 aromatic heterocycles. The molecule has 144 valence electrons. The Bertz CT molecular complexity index is 794. The van der Waals surface area contributed by atoms with Crippen molar-refractivity contribution in [3.05, 3.63) is 65.0 Å². The third-order valence-electron chi connectivity index (χ3n) is 4.87. The summed E-state index contributed by atoms with van der Waals surface area (Å²) in [6, 6.07) is 12.4. The maximum Gasteiger partial charge on any atom is 0.251 e. The first-order chi connectivity index (χ1) is 13.1. The number of nitrogens with one attached hydrogen (secondary N) is 1. The lowest BCUT2D eigenvalue weighted by atomic mass is 10.0. The van der Waals surface area contributed by atoms with Crippen molar-refractivity contribution in [1.82, 2.24) is 10.2 Å². The first-order valence-electron chi connectivity index (χ1n) is 9.08. The third kappa shape index (κ3) is 5.09. The van der Waals surface area contributed by atoms with Crippen LogP contribution in [0.15, 0.2) is 47.4 Å². The molecule has 0 radical (unpaired) electrons. The Balaban J connectivity index is 1.77. The van der Waals surface area contributed by atoms with Crippen molar-refractivity contribution in [2.75, 3.05) is 39.1 Å². The van der Waals surface area contributed by atoms with E-state index in [0.29, 0.717) is 25.3 Å². The fourth-order valence-electron chi connectivity index (χ4n) is 3.32. The van der Waals surface area contributed by atoms with Crippen LogP contribution in [-0.2, 0) is 4.74 Å². The number of carbonyl (C=O) groups is 1. The summed E-state index contributed by atoms with van der Waals surface area (Å²) in [5.74, 6) is -0.362. The maximum absolute atomic E-state index is 13.8. The highest BCUT2D eigenvalue weighted by Gasteiger charge is 2.24. The Morgan fingerprint density at radius 1 is 1.26 bits per heavy atom. The van der Waals surface area contributed by atoms with Gasteiger partial charge in [-0.1, -0.05) is 18.2 Å². The topological polar surface area (TPSA) is 41.6 Å². The van der Waals surface area contributed by atoms with E-state index >= 15 is 0 Å². The monoisotopic (exact) mass is 388 g/mol. The van der Waals surface area contributed by atoms with E-state index in [-0.39, 0.29) is 17.8 Å². The lowest BCUT2D eigenvalue weighted by Gasteiger charge is -2.35. The van der Waals surface area contributed by atoms with Gasteiger partial charge in [0, 0.05) is 30.1 Å². The molecule has 4 nitrogen and oxygen atoms in total. The zero-order valence-electron chi connectivity index (χ0n) is 15.7. The van der Waals surface area contributed by atoms with Gasteiger partial charge < -0.3 is 10.1 Å². The van der Waals surface area contributed by atoms with Crippen molar-refractivity contribution >= 4 is 17.7 Å². The second-order valence-electron chi connectivity index (χ2n) is 6.61. The number of halogens is 1. The standard InChI is InChI=1S/C21H25FN2O2S/c1-15-6-7-18(27-2)13-19(15)21(25)23-14-20(24-8-10-26-11-9-24)16-4-3-5-17(22)12-16/h3-7,12-13,20H,8-11,14H2,1-2H3,(H,23,25). The van der Waals surface area contributed by atoms with E-state index < -0.39 is 0 Å². The molecule has 0 aliphatic carbocycles. The Hall–Kier alpha value is -1.89. The van der Waals surface area contributed by atoms with Crippen LogP contribution in [0.5, 0.6) is 0 Å². The molecule has 0 saturated carbocycles. The Morgan fingerprint density at radius 3 is 2.74 bits per heavy atom.